The lowest BCUT2D eigenvalue weighted by Crippen LogP contribution is -2.30. The lowest BCUT2D eigenvalue weighted by atomic mass is 10.3. The molecule has 1 rings (SSSR count). The SMILES string of the molecule is CSC(C)CNC(=O)c1ccc(=O)[nH]n1. The number of nitrogens with zero attached hydrogens (tertiary/aromatic N) is 1. The molecule has 0 saturated heterocycles. The van der Waals surface area contributed by atoms with Gasteiger partial charge in [-0.05, 0) is 12.3 Å². The van der Waals surface area contributed by atoms with Crippen LogP contribution in [0.1, 0.15) is 17.4 Å². The zero-order valence-corrected chi connectivity index (χ0v) is 9.43. The molecular weight excluding hydrogens is 214 g/mol. The van der Waals surface area contributed by atoms with Gasteiger partial charge in [0, 0.05) is 17.9 Å². The molecule has 1 aromatic rings. The average molecular weight is 227 g/mol. The topological polar surface area (TPSA) is 74.8 Å². The predicted molar refractivity (Wildman–Crippen MR) is 60.2 cm³/mol. The fourth-order valence-corrected chi connectivity index (χ4v) is 1.13. The maximum atomic E-state index is 11.5. The van der Waals surface area contributed by atoms with Crippen molar-refractivity contribution in [3.05, 3.63) is 28.2 Å². The average Bonchev–Trinajstić information content (AvgIpc) is 2.26. The first-order chi connectivity index (χ1) is 7.13. The molecule has 1 heterocycles. The van der Waals surface area contributed by atoms with Gasteiger partial charge >= 0.3 is 0 Å². The van der Waals surface area contributed by atoms with Crippen molar-refractivity contribution < 1.29 is 4.79 Å². The number of amides is 1. The van der Waals surface area contributed by atoms with Crippen molar-refractivity contribution in [1.29, 1.82) is 0 Å². The Morgan fingerprint density at radius 3 is 2.93 bits per heavy atom. The lowest BCUT2D eigenvalue weighted by molar-refractivity contribution is 0.0948. The van der Waals surface area contributed by atoms with E-state index in [9.17, 15) is 9.59 Å². The summed E-state index contributed by atoms with van der Waals surface area (Å²) in [5.41, 5.74) is -0.0908. The van der Waals surface area contributed by atoms with Gasteiger partial charge in [-0.15, -0.1) is 0 Å². The highest BCUT2D eigenvalue weighted by molar-refractivity contribution is 7.99. The molecule has 0 fully saturated rings. The van der Waals surface area contributed by atoms with E-state index < -0.39 is 0 Å². The van der Waals surface area contributed by atoms with Gasteiger partial charge < -0.3 is 5.32 Å². The molecule has 0 saturated carbocycles. The Morgan fingerprint density at radius 1 is 1.67 bits per heavy atom. The molecule has 0 spiro atoms. The number of hydrogen-bond donors (Lipinski definition) is 2. The molecule has 15 heavy (non-hydrogen) atoms. The second-order valence-electron chi connectivity index (χ2n) is 3.06. The van der Waals surface area contributed by atoms with Crippen molar-refractivity contribution >= 4 is 17.7 Å². The number of thioether (sulfide) groups is 1. The molecule has 82 valence electrons. The molecule has 0 aromatic carbocycles. The number of aromatic nitrogens is 2. The van der Waals surface area contributed by atoms with Crippen LogP contribution in [-0.2, 0) is 0 Å². The smallest absolute Gasteiger partial charge is 0.271 e. The molecule has 1 atom stereocenters. The molecule has 5 nitrogen and oxygen atoms in total. The van der Waals surface area contributed by atoms with Gasteiger partial charge in [0.2, 0.25) is 0 Å². The zero-order chi connectivity index (χ0) is 11.3. The van der Waals surface area contributed by atoms with E-state index in [-0.39, 0.29) is 17.2 Å². The second-order valence-corrected chi connectivity index (χ2v) is 4.34. The minimum absolute atomic E-state index is 0.225. The van der Waals surface area contributed by atoms with Crippen LogP contribution in [-0.4, -0.2) is 34.2 Å². The summed E-state index contributed by atoms with van der Waals surface area (Å²) in [4.78, 5) is 22.2. The first-order valence-corrected chi connectivity index (χ1v) is 5.79. The van der Waals surface area contributed by atoms with Gasteiger partial charge in [-0.25, -0.2) is 5.10 Å². The summed E-state index contributed by atoms with van der Waals surface area (Å²) in [5.74, 6) is -0.271. The number of carbonyl (C=O) groups excluding carboxylic acids is 1. The largest absolute Gasteiger partial charge is 0.350 e. The highest BCUT2D eigenvalue weighted by Crippen LogP contribution is 2.02. The van der Waals surface area contributed by atoms with E-state index in [0.29, 0.717) is 11.8 Å². The van der Waals surface area contributed by atoms with Crippen molar-refractivity contribution in [2.24, 2.45) is 0 Å². The molecule has 0 bridgehead atoms. The van der Waals surface area contributed by atoms with Gasteiger partial charge in [-0.2, -0.15) is 16.9 Å². The number of H-pyrrole nitrogens is 1. The van der Waals surface area contributed by atoms with E-state index >= 15 is 0 Å². The van der Waals surface area contributed by atoms with Crippen molar-refractivity contribution in [3.8, 4) is 0 Å². The molecule has 2 N–H and O–H groups in total. The number of carbonyl (C=O) groups is 1. The molecule has 0 aliphatic heterocycles. The van der Waals surface area contributed by atoms with Crippen LogP contribution in [0, 0.1) is 0 Å². The number of nitrogens with one attached hydrogen (secondary N) is 2. The molecule has 1 aromatic heterocycles. The highest BCUT2D eigenvalue weighted by Gasteiger charge is 2.08. The van der Waals surface area contributed by atoms with Crippen LogP contribution in [0.25, 0.3) is 0 Å². The normalized spacial score (nSPS) is 12.1. The molecule has 1 unspecified atom stereocenters. The standard InChI is InChI=1S/C9H13N3O2S/c1-6(15-2)5-10-9(14)7-3-4-8(13)12-11-7/h3-4,6H,5H2,1-2H3,(H,10,14)(H,12,13). The molecule has 1 amide bonds. The number of rotatable bonds is 4. The number of hydrogen-bond acceptors (Lipinski definition) is 4. The van der Waals surface area contributed by atoms with Crippen LogP contribution in [0.2, 0.25) is 0 Å². The van der Waals surface area contributed by atoms with Crippen LogP contribution in [0.3, 0.4) is 0 Å². The van der Waals surface area contributed by atoms with Crippen molar-refractivity contribution in [2.45, 2.75) is 12.2 Å². The second kappa shape index (κ2) is 5.55. The minimum Gasteiger partial charge on any atom is -0.350 e. The fraction of sp³-hybridized carbons (Fsp3) is 0.444. The van der Waals surface area contributed by atoms with E-state index in [4.69, 9.17) is 0 Å². The van der Waals surface area contributed by atoms with Crippen molar-refractivity contribution in [2.75, 3.05) is 12.8 Å². The third-order valence-corrected chi connectivity index (χ3v) is 2.84. The third-order valence-electron chi connectivity index (χ3n) is 1.86. The van der Waals surface area contributed by atoms with Gasteiger partial charge in [0.1, 0.15) is 5.69 Å². The summed E-state index contributed by atoms with van der Waals surface area (Å²) >= 11 is 1.67. The van der Waals surface area contributed by atoms with E-state index in [1.165, 1.54) is 12.1 Å². The van der Waals surface area contributed by atoms with Crippen molar-refractivity contribution in [3.63, 3.8) is 0 Å². The maximum absolute atomic E-state index is 11.5. The van der Waals surface area contributed by atoms with Gasteiger partial charge in [-0.1, -0.05) is 6.92 Å². The Kier molecular flexibility index (Phi) is 4.36. The van der Waals surface area contributed by atoms with Crippen LogP contribution >= 0.6 is 11.8 Å². The molecule has 6 heteroatoms. The van der Waals surface area contributed by atoms with Crippen LogP contribution < -0.4 is 10.9 Å². The van der Waals surface area contributed by atoms with Gasteiger partial charge in [-0.3, -0.25) is 9.59 Å². The summed E-state index contributed by atoms with van der Waals surface area (Å²) in [6.45, 7) is 2.60. The summed E-state index contributed by atoms with van der Waals surface area (Å²) in [6, 6.07) is 2.68. The van der Waals surface area contributed by atoms with E-state index in [1.807, 2.05) is 13.2 Å². The Hall–Kier alpha value is -1.30. The monoisotopic (exact) mass is 227 g/mol. The summed E-state index contributed by atoms with van der Waals surface area (Å²) < 4.78 is 0. The van der Waals surface area contributed by atoms with Crippen molar-refractivity contribution in [1.82, 2.24) is 15.5 Å². The first-order valence-electron chi connectivity index (χ1n) is 4.50. The summed E-state index contributed by atoms with van der Waals surface area (Å²) in [5, 5.41) is 8.92. The quantitative estimate of drug-likeness (QED) is 0.773. The Balaban J connectivity index is 2.54. The Labute approximate surface area is 91.7 Å². The number of aromatic amines is 1. The van der Waals surface area contributed by atoms with Crippen LogP contribution in [0.5, 0.6) is 0 Å². The summed E-state index contributed by atoms with van der Waals surface area (Å²) in [6.07, 6.45) is 1.98. The van der Waals surface area contributed by atoms with Crippen LogP contribution in [0.4, 0.5) is 0 Å². The van der Waals surface area contributed by atoms with Crippen LogP contribution in [0.15, 0.2) is 16.9 Å². The van der Waals surface area contributed by atoms with E-state index in [1.54, 1.807) is 11.8 Å². The lowest BCUT2D eigenvalue weighted by Gasteiger charge is -2.08. The van der Waals surface area contributed by atoms with Gasteiger partial charge in [0.05, 0.1) is 0 Å². The highest BCUT2D eigenvalue weighted by atomic mass is 32.2. The van der Waals surface area contributed by atoms with Gasteiger partial charge in [0.15, 0.2) is 0 Å². The Bertz CT molecular complexity index is 371. The molecule has 0 radical (unpaired) electrons. The Morgan fingerprint density at radius 2 is 2.40 bits per heavy atom. The molecular formula is C9H13N3O2S. The van der Waals surface area contributed by atoms with Gasteiger partial charge in [0.25, 0.3) is 11.5 Å². The minimum atomic E-state index is -0.316. The fourth-order valence-electron chi connectivity index (χ4n) is 0.881. The van der Waals surface area contributed by atoms with E-state index in [0.717, 1.165) is 0 Å². The maximum Gasteiger partial charge on any atom is 0.271 e. The summed E-state index contributed by atoms with van der Waals surface area (Å²) in [7, 11) is 0. The molecule has 0 aliphatic carbocycles. The third kappa shape index (κ3) is 3.75. The predicted octanol–water partition coefficient (Wildman–Crippen LogP) is 0.251. The van der Waals surface area contributed by atoms with E-state index in [2.05, 4.69) is 15.5 Å². The molecule has 0 aliphatic rings. The zero-order valence-electron chi connectivity index (χ0n) is 8.61. The first kappa shape index (κ1) is 11.8.